The Morgan fingerprint density at radius 1 is 1.45 bits per heavy atom. The number of aliphatic hydroxyl groups excluding tert-OH is 1. The number of amides is 2. The summed E-state index contributed by atoms with van der Waals surface area (Å²) >= 11 is 0. The predicted molar refractivity (Wildman–Crippen MR) is 79.9 cm³/mol. The van der Waals surface area contributed by atoms with E-state index in [0.29, 0.717) is 24.6 Å². The van der Waals surface area contributed by atoms with Gasteiger partial charge in [-0.3, -0.25) is 4.68 Å². The number of carbonyl (C=O) groups is 1. The zero-order valence-corrected chi connectivity index (χ0v) is 12.9. The highest BCUT2D eigenvalue weighted by Crippen LogP contribution is 2.14. The van der Waals surface area contributed by atoms with Crippen molar-refractivity contribution < 1.29 is 18.7 Å². The topological polar surface area (TPSA) is 79.2 Å². The van der Waals surface area contributed by atoms with Crippen LogP contribution in [0.25, 0.3) is 0 Å². The number of urea groups is 1. The normalized spacial score (nSPS) is 12.7. The summed E-state index contributed by atoms with van der Waals surface area (Å²) in [5, 5.41) is 18.0. The maximum Gasteiger partial charge on any atom is 0.319 e. The van der Waals surface area contributed by atoms with Crippen LogP contribution in [0.2, 0.25) is 0 Å². The van der Waals surface area contributed by atoms with E-state index in [1.165, 1.54) is 12.4 Å². The van der Waals surface area contributed by atoms with E-state index in [1.807, 2.05) is 0 Å². The Morgan fingerprint density at radius 3 is 2.77 bits per heavy atom. The largest absolute Gasteiger partial charge is 0.396 e. The molecule has 0 bridgehead atoms. The lowest BCUT2D eigenvalue weighted by Gasteiger charge is -2.18. The van der Waals surface area contributed by atoms with Crippen LogP contribution in [-0.2, 0) is 6.54 Å². The molecule has 0 aliphatic rings. The molecule has 0 aromatic carbocycles. The van der Waals surface area contributed by atoms with E-state index in [1.54, 1.807) is 0 Å². The molecule has 2 amide bonds. The highest BCUT2D eigenvalue weighted by atomic mass is 19.3. The van der Waals surface area contributed by atoms with Crippen molar-refractivity contribution >= 4 is 11.7 Å². The van der Waals surface area contributed by atoms with Gasteiger partial charge in [-0.25, -0.2) is 13.6 Å². The fourth-order valence-corrected chi connectivity index (χ4v) is 2.23. The first kappa shape index (κ1) is 18.3. The lowest BCUT2D eigenvalue weighted by atomic mass is 9.94. The minimum atomic E-state index is -2.49. The number of alkyl halides is 2. The Labute approximate surface area is 128 Å². The van der Waals surface area contributed by atoms with Gasteiger partial charge in [0.2, 0.25) is 0 Å². The first-order valence-electron chi connectivity index (χ1n) is 7.37. The highest BCUT2D eigenvalue weighted by molar-refractivity contribution is 5.88. The Bertz CT molecular complexity index is 452. The molecule has 0 radical (unpaired) electrons. The number of aliphatic hydroxyl groups is 1. The van der Waals surface area contributed by atoms with Gasteiger partial charge in [0, 0.05) is 19.3 Å². The van der Waals surface area contributed by atoms with Crippen LogP contribution in [0.3, 0.4) is 0 Å². The second-order valence-corrected chi connectivity index (χ2v) is 5.69. The SMILES string of the molecule is CC(C)CC(CCO)CNC(=O)Nc1cnn(CC(F)F)c1. The molecule has 0 aliphatic heterocycles. The number of nitrogens with zero attached hydrogens (tertiary/aromatic N) is 2. The average Bonchev–Trinajstić information content (AvgIpc) is 2.82. The van der Waals surface area contributed by atoms with Gasteiger partial charge >= 0.3 is 6.03 Å². The maximum atomic E-state index is 12.2. The van der Waals surface area contributed by atoms with E-state index >= 15 is 0 Å². The van der Waals surface area contributed by atoms with E-state index in [0.717, 1.165) is 11.1 Å². The number of hydrogen-bond donors (Lipinski definition) is 3. The fraction of sp³-hybridized carbons (Fsp3) is 0.714. The third kappa shape index (κ3) is 7.35. The molecule has 0 fully saturated rings. The fourth-order valence-electron chi connectivity index (χ4n) is 2.23. The van der Waals surface area contributed by atoms with Gasteiger partial charge in [0.1, 0.15) is 6.54 Å². The number of nitrogens with one attached hydrogen (secondary N) is 2. The highest BCUT2D eigenvalue weighted by Gasteiger charge is 2.13. The van der Waals surface area contributed by atoms with Gasteiger partial charge in [0.25, 0.3) is 6.43 Å². The Balaban J connectivity index is 2.39. The van der Waals surface area contributed by atoms with Crippen LogP contribution < -0.4 is 10.6 Å². The number of hydrogen-bond acceptors (Lipinski definition) is 3. The van der Waals surface area contributed by atoms with E-state index in [4.69, 9.17) is 5.11 Å². The molecule has 0 saturated heterocycles. The lowest BCUT2D eigenvalue weighted by Crippen LogP contribution is -2.33. The van der Waals surface area contributed by atoms with Gasteiger partial charge in [-0.05, 0) is 24.7 Å². The molecule has 1 unspecified atom stereocenters. The Hall–Kier alpha value is -1.70. The Kier molecular flexibility index (Phi) is 7.79. The smallest absolute Gasteiger partial charge is 0.319 e. The summed E-state index contributed by atoms with van der Waals surface area (Å²) in [6.07, 6.45) is 1.72. The molecule has 0 aliphatic carbocycles. The summed E-state index contributed by atoms with van der Waals surface area (Å²) in [5.74, 6) is 0.686. The van der Waals surface area contributed by atoms with Crippen LogP contribution in [0.1, 0.15) is 26.7 Å². The predicted octanol–water partition coefficient (Wildman–Crippen LogP) is 2.31. The standard InChI is InChI=1S/C14H24F2N4O2/c1-10(2)5-11(3-4-21)6-17-14(22)19-12-7-18-20(8-12)9-13(15)16/h7-8,10-11,13,21H,3-6,9H2,1-2H3,(H2,17,19,22). The summed E-state index contributed by atoms with van der Waals surface area (Å²) in [5.41, 5.74) is 0.362. The molecule has 3 N–H and O–H groups in total. The quantitative estimate of drug-likeness (QED) is 0.654. The molecule has 22 heavy (non-hydrogen) atoms. The molecule has 0 spiro atoms. The van der Waals surface area contributed by atoms with Gasteiger partial charge in [-0.1, -0.05) is 13.8 Å². The summed E-state index contributed by atoms with van der Waals surface area (Å²) < 4.78 is 25.5. The second kappa shape index (κ2) is 9.34. The number of anilines is 1. The maximum absolute atomic E-state index is 12.2. The lowest BCUT2D eigenvalue weighted by molar-refractivity contribution is 0.122. The number of carbonyl (C=O) groups excluding carboxylic acids is 1. The van der Waals surface area contributed by atoms with Crippen LogP contribution in [-0.4, -0.2) is 40.5 Å². The molecule has 6 nitrogen and oxygen atoms in total. The third-order valence-corrected chi connectivity index (χ3v) is 3.11. The Morgan fingerprint density at radius 2 is 2.18 bits per heavy atom. The minimum absolute atomic E-state index is 0.0844. The van der Waals surface area contributed by atoms with E-state index in [2.05, 4.69) is 29.6 Å². The molecule has 1 aromatic rings. The van der Waals surface area contributed by atoms with E-state index < -0.39 is 19.0 Å². The monoisotopic (exact) mass is 318 g/mol. The van der Waals surface area contributed by atoms with Crippen molar-refractivity contribution in [3.63, 3.8) is 0 Å². The van der Waals surface area contributed by atoms with Crippen LogP contribution in [0.4, 0.5) is 19.3 Å². The summed E-state index contributed by atoms with van der Waals surface area (Å²) in [6.45, 7) is 4.21. The molecule has 8 heteroatoms. The first-order chi connectivity index (χ1) is 10.4. The molecule has 1 rings (SSSR count). The van der Waals surface area contributed by atoms with Gasteiger partial charge in [0.05, 0.1) is 11.9 Å². The van der Waals surface area contributed by atoms with Crippen molar-refractivity contribution in [3.8, 4) is 0 Å². The van der Waals surface area contributed by atoms with Crippen molar-refractivity contribution in [3.05, 3.63) is 12.4 Å². The first-order valence-corrected chi connectivity index (χ1v) is 7.37. The van der Waals surface area contributed by atoms with Crippen molar-refractivity contribution in [2.24, 2.45) is 11.8 Å². The zero-order chi connectivity index (χ0) is 16.5. The van der Waals surface area contributed by atoms with Crippen LogP contribution >= 0.6 is 0 Å². The number of aromatic nitrogens is 2. The number of rotatable bonds is 9. The van der Waals surface area contributed by atoms with Crippen LogP contribution in [0.5, 0.6) is 0 Å². The molecule has 1 heterocycles. The van der Waals surface area contributed by atoms with Gasteiger partial charge < -0.3 is 15.7 Å². The van der Waals surface area contributed by atoms with Gasteiger partial charge in [-0.15, -0.1) is 0 Å². The molecular formula is C14H24F2N4O2. The van der Waals surface area contributed by atoms with E-state index in [-0.39, 0.29) is 12.5 Å². The summed E-state index contributed by atoms with van der Waals surface area (Å²) in [6, 6.07) is -0.414. The molecule has 126 valence electrons. The van der Waals surface area contributed by atoms with E-state index in [9.17, 15) is 13.6 Å². The molecule has 0 saturated carbocycles. The second-order valence-electron chi connectivity index (χ2n) is 5.69. The molecular weight excluding hydrogens is 294 g/mol. The van der Waals surface area contributed by atoms with Crippen molar-refractivity contribution in [1.82, 2.24) is 15.1 Å². The molecule has 1 atom stereocenters. The van der Waals surface area contributed by atoms with Crippen molar-refractivity contribution in [2.75, 3.05) is 18.5 Å². The third-order valence-electron chi connectivity index (χ3n) is 3.11. The zero-order valence-electron chi connectivity index (χ0n) is 12.9. The van der Waals surface area contributed by atoms with Gasteiger partial charge in [0.15, 0.2) is 0 Å². The van der Waals surface area contributed by atoms with Crippen molar-refractivity contribution in [1.29, 1.82) is 0 Å². The van der Waals surface area contributed by atoms with Gasteiger partial charge in [-0.2, -0.15) is 5.10 Å². The summed E-state index contributed by atoms with van der Waals surface area (Å²) in [4.78, 5) is 11.8. The van der Waals surface area contributed by atoms with Crippen molar-refractivity contribution in [2.45, 2.75) is 39.7 Å². The average molecular weight is 318 g/mol. The minimum Gasteiger partial charge on any atom is -0.396 e. The van der Waals surface area contributed by atoms with Crippen LogP contribution in [0.15, 0.2) is 12.4 Å². The van der Waals surface area contributed by atoms with Crippen LogP contribution in [0, 0.1) is 11.8 Å². The number of halogens is 2. The molecule has 1 aromatic heterocycles. The summed E-state index contributed by atoms with van der Waals surface area (Å²) in [7, 11) is 0.